The van der Waals surface area contributed by atoms with Crippen molar-refractivity contribution in [2.75, 3.05) is 24.3 Å². The molecule has 2 atom stereocenters. The van der Waals surface area contributed by atoms with Gasteiger partial charge in [-0.1, -0.05) is 16.5 Å². The van der Waals surface area contributed by atoms with Crippen LogP contribution in [0, 0.1) is 0 Å². The van der Waals surface area contributed by atoms with Gasteiger partial charge in [-0.3, -0.25) is 14.5 Å². The molecule has 1 saturated heterocycles. The van der Waals surface area contributed by atoms with E-state index in [1.165, 1.54) is 35.5 Å². The van der Waals surface area contributed by atoms with Crippen LogP contribution in [0.25, 0.3) is 10.2 Å². The van der Waals surface area contributed by atoms with Crippen LogP contribution in [0.2, 0.25) is 0 Å². The van der Waals surface area contributed by atoms with E-state index >= 15 is 0 Å². The monoisotopic (exact) mass is 577 g/mol. The number of aromatic nitrogens is 2. The molecule has 192 valence electrons. The zero-order valence-corrected chi connectivity index (χ0v) is 22.8. The number of aliphatic carboxylic acids is 1. The van der Waals surface area contributed by atoms with E-state index in [4.69, 9.17) is 10.6 Å². The standard InChI is InChI=1S/C22H20N6O5S4/c1-27-5-3-13(10-4-6-34-20(10)27)36-9-14-17(21(31)32)28-12(8-35-14)16(19(28)30)25-18(29)15(26-33-2)11-7-37-22(23)24-11/h3-7,12,16H,8-9H2,1-2H3,(H3-,23,24,25,29,31,32)/p+1/t12?,16-/m0/s1. The molecule has 1 fully saturated rings. The second kappa shape index (κ2) is 10.3. The number of pyridine rings is 1. The van der Waals surface area contributed by atoms with Crippen molar-refractivity contribution in [3.05, 3.63) is 45.4 Å². The number of thiazole rings is 1. The first-order chi connectivity index (χ1) is 17.8. The van der Waals surface area contributed by atoms with Crippen LogP contribution in [-0.4, -0.2) is 69.2 Å². The van der Waals surface area contributed by atoms with Gasteiger partial charge >= 0.3 is 5.97 Å². The summed E-state index contributed by atoms with van der Waals surface area (Å²) >= 11 is 5.71. The van der Waals surface area contributed by atoms with E-state index in [-0.39, 0.29) is 22.2 Å². The van der Waals surface area contributed by atoms with Crippen LogP contribution < -0.4 is 15.6 Å². The highest BCUT2D eigenvalue weighted by Crippen LogP contribution is 2.42. The fraction of sp³-hybridized carbons (Fsp3) is 0.273. The third-order valence-corrected chi connectivity index (χ3v) is 10.00. The predicted octanol–water partition coefficient (Wildman–Crippen LogP) is 1.65. The number of carbonyl (C=O) groups is 3. The van der Waals surface area contributed by atoms with E-state index < -0.39 is 29.9 Å². The van der Waals surface area contributed by atoms with Crippen molar-refractivity contribution in [1.29, 1.82) is 0 Å². The molecule has 37 heavy (non-hydrogen) atoms. The van der Waals surface area contributed by atoms with E-state index in [1.54, 1.807) is 16.7 Å². The van der Waals surface area contributed by atoms with Gasteiger partial charge in [0.05, 0.1) is 11.4 Å². The molecule has 0 saturated carbocycles. The summed E-state index contributed by atoms with van der Waals surface area (Å²) in [5.74, 6) is -1.46. The average molecular weight is 578 g/mol. The van der Waals surface area contributed by atoms with Crippen LogP contribution in [0.1, 0.15) is 5.69 Å². The summed E-state index contributed by atoms with van der Waals surface area (Å²) in [6, 6.07) is 2.67. The Kier molecular flexibility index (Phi) is 7.11. The third-order valence-electron chi connectivity index (χ3n) is 5.84. The van der Waals surface area contributed by atoms with Crippen molar-refractivity contribution >= 4 is 85.0 Å². The molecule has 2 aliphatic rings. The Morgan fingerprint density at radius 2 is 2.22 bits per heavy atom. The molecule has 3 aromatic heterocycles. The zero-order valence-electron chi connectivity index (χ0n) is 19.5. The Morgan fingerprint density at radius 1 is 1.41 bits per heavy atom. The molecule has 15 heteroatoms. The minimum atomic E-state index is -1.18. The van der Waals surface area contributed by atoms with Gasteiger partial charge in [0.15, 0.2) is 17.0 Å². The number of carbonyl (C=O) groups excluding carboxylic acids is 2. The lowest BCUT2D eigenvalue weighted by Crippen LogP contribution is -2.73. The van der Waals surface area contributed by atoms with Crippen molar-refractivity contribution in [3.63, 3.8) is 0 Å². The first kappa shape index (κ1) is 25.5. The summed E-state index contributed by atoms with van der Waals surface area (Å²) in [4.78, 5) is 51.1. The topological polar surface area (TPSA) is 151 Å². The van der Waals surface area contributed by atoms with Crippen LogP contribution in [0.3, 0.4) is 0 Å². The molecular weight excluding hydrogens is 557 g/mol. The van der Waals surface area contributed by atoms with Crippen molar-refractivity contribution < 1.29 is 28.9 Å². The van der Waals surface area contributed by atoms with Crippen molar-refractivity contribution in [2.24, 2.45) is 12.2 Å². The molecule has 0 bridgehead atoms. The number of carboxylic acid groups (broad SMARTS) is 1. The number of aryl methyl sites for hydroxylation is 1. The number of anilines is 1. The van der Waals surface area contributed by atoms with E-state index in [1.807, 2.05) is 35.3 Å². The molecule has 0 spiro atoms. The van der Waals surface area contributed by atoms with Gasteiger partial charge < -0.3 is 21.0 Å². The lowest BCUT2D eigenvalue weighted by molar-refractivity contribution is -0.643. The van der Waals surface area contributed by atoms with Gasteiger partial charge in [-0.2, -0.15) is 4.57 Å². The minimum absolute atomic E-state index is 0.0367. The van der Waals surface area contributed by atoms with E-state index in [0.717, 1.165) is 26.4 Å². The third kappa shape index (κ3) is 4.67. The number of thiophene rings is 1. The Hall–Kier alpha value is -3.14. The number of amides is 2. The molecule has 2 aliphatic heterocycles. The molecular formula is C22H21N6O5S4+. The molecule has 5 rings (SSSR count). The van der Waals surface area contributed by atoms with Gasteiger partial charge in [0.2, 0.25) is 0 Å². The highest BCUT2D eigenvalue weighted by atomic mass is 32.2. The Labute approximate surface area is 227 Å². The quantitative estimate of drug-likeness (QED) is 0.119. The van der Waals surface area contributed by atoms with E-state index in [2.05, 4.69) is 15.5 Å². The molecule has 3 aromatic rings. The fourth-order valence-corrected chi connectivity index (χ4v) is 8.06. The number of nitrogens with one attached hydrogen (secondary N) is 1. The smallest absolute Gasteiger partial charge is 0.353 e. The van der Waals surface area contributed by atoms with Gasteiger partial charge in [-0.05, 0) is 11.4 Å². The number of β-lactam (4-membered cyclic amide) rings is 1. The number of oxime groups is 1. The number of thioether (sulfide) groups is 2. The second-order valence-corrected chi connectivity index (χ2v) is 11.9. The van der Waals surface area contributed by atoms with Gasteiger partial charge in [0, 0.05) is 32.8 Å². The number of nitrogens with zero attached hydrogens (tertiary/aromatic N) is 4. The normalized spacial score (nSPS) is 19.6. The molecule has 0 radical (unpaired) electrons. The first-order valence-corrected chi connectivity index (χ1v) is 14.6. The highest BCUT2D eigenvalue weighted by molar-refractivity contribution is 8.06. The lowest BCUT2D eigenvalue weighted by atomic mass is 9.94. The molecule has 0 aromatic carbocycles. The predicted molar refractivity (Wildman–Crippen MR) is 143 cm³/mol. The van der Waals surface area contributed by atoms with Crippen LogP contribution in [0.15, 0.2) is 49.7 Å². The summed E-state index contributed by atoms with van der Waals surface area (Å²) < 4.78 is 2.05. The lowest BCUT2D eigenvalue weighted by Gasteiger charge is -2.49. The van der Waals surface area contributed by atoms with Crippen molar-refractivity contribution in [3.8, 4) is 0 Å². The maximum absolute atomic E-state index is 13.1. The SMILES string of the molecule is CON=C(C(=O)N[C@@H]1C(=O)N2C(C(=O)O)=C(CSc3cc[n+](C)c4sccc34)SCC12)c1csc(N)n1. The van der Waals surface area contributed by atoms with Gasteiger partial charge in [0.1, 0.15) is 31.6 Å². The number of fused-ring (bicyclic) bond motifs is 2. The summed E-state index contributed by atoms with van der Waals surface area (Å²) in [5, 5.41) is 21.3. The Bertz CT molecular complexity index is 1480. The maximum Gasteiger partial charge on any atom is 0.353 e. The van der Waals surface area contributed by atoms with Crippen LogP contribution >= 0.6 is 46.2 Å². The molecule has 1 unspecified atom stereocenters. The summed E-state index contributed by atoms with van der Waals surface area (Å²) in [6.45, 7) is 0. The summed E-state index contributed by atoms with van der Waals surface area (Å²) in [7, 11) is 3.27. The summed E-state index contributed by atoms with van der Waals surface area (Å²) in [5.41, 5.74) is 5.73. The Balaban J connectivity index is 1.33. The average Bonchev–Trinajstić information content (AvgIpc) is 3.54. The number of rotatable bonds is 8. The number of hydrogen-bond acceptors (Lipinski definition) is 11. The second-order valence-electron chi connectivity index (χ2n) is 8.03. The van der Waals surface area contributed by atoms with Gasteiger partial charge in [-0.15, -0.1) is 34.9 Å². The fourth-order valence-electron chi connectivity index (χ4n) is 4.14. The van der Waals surface area contributed by atoms with Crippen LogP contribution in [-0.2, 0) is 26.3 Å². The van der Waals surface area contributed by atoms with Crippen molar-refractivity contribution in [1.82, 2.24) is 15.2 Å². The number of carboxylic acids is 1. The van der Waals surface area contributed by atoms with Gasteiger partial charge in [0.25, 0.3) is 16.6 Å². The molecule has 5 heterocycles. The largest absolute Gasteiger partial charge is 0.477 e. The Morgan fingerprint density at radius 3 is 2.92 bits per heavy atom. The molecule has 4 N–H and O–H groups in total. The van der Waals surface area contributed by atoms with Crippen LogP contribution in [0.5, 0.6) is 0 Å². The number of hydrogen-bond donors (Lipinski definition) is 3. The highest BCUT2D eigenvalue weighted by Gasteiger charge is 2.54. The molecule has 11 nitrogen and oxygen atoms in total. The minimum Gasteiger partial charge on any atom is -0.477 e. The maximum atomic E-state index is 13.1. The number of nitrogen functional groups attached to an aromatic ring is 1. The molecule has 0 aliphatic carbocycles. The number of nitrogens with two attached hydrogens (primary N) is 1. The van der Waals surface area contributed by atoms with E-state index in [0.29, 0.717) is 16.4 Å². The first-order valence-electron chi connectivity index (χ1n) is 10.8. The zero-order chi connectivity index (χ0) is 26.3. The van der Waals surface area contributed by atoms with Crippen LogP contribution in [0.4, 0.5) is 5.13 Å². The van der Waals surface area contributed by atoms with Crippen molar-refractivity contribution in [2.45, 2.75) is 17.0 Å². The summed E-state index contributed by atoms with van der Waals surface area (Å²) in [6.07, 6.45) is 1.98. The molecule has 2 amide bonds. The van der Waals surface area contributed by atoms with Gasteiger partial charge in [-0.25, -0.2) is 9.78 Å². The van der Waals surface area contributed by atoms with E-state index in [9.17, 15) is 19.5 Å².